The van der Waals surface area contributed by atoms with Crippen LogP contribution in [-0.4, -0.2) is 25.0 Å². The molecule has 8 heteroatoms. The molecule has 0 unspecified atom stereocenters. The van der Waals surface area contributed by atoms with Crippen molar-refractivity contribution in [2.45, 2.75) is 27.2 Å². The van der Waals surface area contributed by atoms with Crippen LogP contribution < -0.4 is 20.1 Å². The van der Waals surface area contributed by atoms with Gasteiger partial charge in [0.1, 0.15) is 5.82 Å². The van der Waals surface area contributed by atoms with Gasteiger partial charge in [-0.25, -0.2) is 4.39 Å². The van der Waals surface area contributed by atoms with Crippen LogP contribution in [0.15, 0.2) is 34.8 Å². The van der Waals surface area contributed by atoms with E-state index < -0.39 is 11.7 Å². The highest BCUT2D eigenvalue weighted by Crippen LogP contribution is 2.34. The van der Waals surface area contributed by atoms with Gasteiger partial charge in [0.15, 0.2) is 11.5 Å². The van der Waals surface area contributed by atoms with E-state index in [9.17, 15) is 14.0 Å². The smallest absolute Gasteiger partial charge is 0.228 e. The van der Waals surface area contributed by atoms with Gasteiger partial charge in [-0.05, 0) is 49.7 Å². The molecule has 0 aliphatic heterocycles. The van der Waals surface area contributed by atoms with Crippen molar-refractivity contribution in [2.75, 3.05) is 23.8 Å². The first-order valence-electron chi connectivity index (χ1n) is 8.79. The Balaban J connectivity index is 2.19. The Morgan fingerprint density at radius 3 is 2.29 bits per heavy atom. The molecule has 0 spiro atoms. The number of ether oxygens (including phenoxy) is 2. The van der Waals surface area contributed by atoms with Crippen LogP contribution in [0.2, 0.25) is 0 Å². The van der Waals surface area contributed by atoms with Crippen molar-refractivity contribution in [3.05, 3.63) is 46.2 Å². The van der Waals surface area contributed by atoms with Gasteiger partial charge in [-0.1, -0.05) is 15.9 Å². The van der Waals surface area contributed by atoms with Crippen molar-refractivity contribution < 1.29 is 23.5 Å². The van der Waals surface area contributed by atoms with Crippen molar-refractivity contribution in [1.29, 1.82) is 0 Å². The minimum Gasteiger partial charge on any atom is -0.490 e. The first-order valence-corrected chi connectivity index (χ1v) is 9.58. The molecule has 6 nitrogen and oxygen atoms in total. The number of carbonyl (C=O) groups excluding carboxylic acids is 2. The highest BCUT2D eigenvalue weighted by molar-refractivity contribution is 9.10. The van der Waals surface area contributed by atoms with Gasteiger partial charge in [-0.15, -0.1) is 0 Å². The van der Waals surface area contributed by atoms with E-state index in [1.54, 1.807) is 12.1 Å². The van der Waals surface area contributed by atoms with Gasteiger partial charge in [-0.2, -0.15) is 0 Å². The zero-order chi connectivity index (χ0) is 20.7. The normalized spacial score (nSPS) is 10.3. The Kier molecular flexibility index (Phi) is 7.80. The number of anilines is 2. The highest BCUT2D eigenvalue weighted by atomic mass is 79.9. The van der Waals surface area contributed by atoms with Crippen LogP contribution in [0.1, 0.15) is 26.3 Å². The molecular formula is C20H22BrFN2O4. The molecule has 0 atom stereocenters. The van der Waals surface area contributed by atoms with Crippen LogP contribution >= 0.6 is 15.9 Å². The van der Waals surface area contributed by atoms with E-state index in [1.807, 2.05) is 13.8 Å². The van der Waals surface area contributed by atoms with E-state index in [0.29, 0.717) is 40.4 Å². The van der Waals surface area contributed by atoms with Gasteiger partial charge >= 0.3 is 0 Å². The molecule has 0 radical (unpaired) electrons. The standard InChI is InChI=1S/C20H22BrFN2O4/c1-4-27-18-8-13(15(21)11-19(18)28-5-2)9-20(26)24-17-10-14(23-12(3)25)6-7-16(17)22/h6-8,10-11H,4-5,9H2,1-3H3,(H,23,25)(H,24,26). The molecule has 2 rings (SSSR count). The molecule has 28 heavy (non-hydrogen) atoms. The fourth-order valence-electron chi connectivity index (χ4n) is 2.52. The molecule has 0 fully saturated rings. The van der Waals surface area contributed by atoms with Crippen molar-refractivity contribution in [3.63, 3.8) is 0 Å². The summed E-state index contributed by atoms with van der Waals surface area (Å²) in [6, 6.07) is 7.44. The second-order valence-corrected chi connectivity index (χ2v) is 6.71. The number of carbonyl (C=O) groups is 2. The van der Waals surface area contributed by atoms with Crippen LogP contribution in [0.5, 0.6) is 11.5 Å². The van der Waals surface area contributed by atoms with Gasteiger partial charge < -0.3 is 20.1 Å². The van der Waals surface area contributed by atoms with Crippen LogP contribution in [0, 0.1) is 5.82 Å². The van der Waals surface area contributed by atoms with Crippen LogP contribution in [0.25, 0.3) is 0 Å². The molecule has 0 aliphatic rings. The number of hydrogen-bond acceptors (Lipinski definition) is 4. The van der Waals surface area contributed by atoms with E-state index in [-0.39, 0.29) is 18.0 Å². The largest absolute Gasteiger partial charge is 0.490 e. The van der Waals surface area contributed by atoms with Crippen molar-refractivity contribution in [1.82, 2.24) is 0 Å². The SMILES string of the molecule is CCOc1cc(Br)c(CC(=O)Nc2cc(NC(C)=O)ccc2F)cc1OCC. The fraction of sp³-hybridized carbons (Fsp3) is 0.300. The average molecular weight is 453 g/mol. The molecule has 0 aromatic heterocycles. The number of amides is 2. The summed E-state index contributed by atoms with van der Waals surface area (Å²) in [4.78, 5) is 23.6. The lowest BCUT2D eigenvalue weighted by Crippen LogP contribution is -2.16. The second kappa shape index (κ2) is 10.1. The maximum Gasteiger partial charge on any atom is 0.228 e. The Bertz CT molecular complexity index is 874. The van der Waals surface area contributed by atoms with Crippen LogP contribution in [0.3, 0.4) is 0 Å². The van der Waals surface area contributed by atoms with Gasteiger partial charge in [0.05, 0.1) is 25.3 Å². The predicted molar refractivity (Wildman–Crippen MR) is 110 cm³/mol. The van der Waals surface area contributed by atoms with Crippen LogP contribution in [-0.2, 0) is 16.0 Å². The predicted octanol–water partition coefficient (Wildman–Crippen LogP) is 4.53. The molecule has 2 amide bonds. The van der Waals surface area contributed by atoms with E-state index in [2.05, 4.69) is 26.6 Å². The molecule has 2 aromatic rings. The molecule has 150 valence electrons. The van der Waals surface area contributed by atoms with E-state index in [1.165, 1.54) is 25.1 Å². The molecule has 0 heterocycles. The Labute approximate surface area is 171 Å². The average Bonchev–Trinajstić information content (AvgIpc) is 2.61. The Hall–Kier alpha value is -2.61. The number of benzene rings is 2. The summed E-state index contributed by atoms with van der Waals surface area (Å²) in [6.07, 6.45) is -0.00311. The fourth-order valence-corrected chi connectivity index (χ4v) is 2.98. The monoisotopic (exact) mass is 452 g/mol. The summed E-state index contributed by atoms with van der Waals surface area (Å²) in [5, 5.41) is 5.08. The number of halogens is 2. The molecule has 0 bridgehead atoms. The zero-order valence-electron chi connectivity index (χ0n) is 15.9. The third-order valence-corrected chi connectivity index (χ3v) is 4.36. The number of rotatable bonds is 8. The molecule has 2 N–H and O–H groups in total. The maximum absolute atomic E-state index is 14.0. The quantitative estimate of drug-likeness (QED) is 0.616. The summed E-state index contributed by atoms with van der Waals surface area (Å²) in [6.45, 7) is 6.01. The summed E-state index contributed by atoms with van der Waals surface area (Å²) >= 11 is 3.43. The second-order valence-electron chi connectivity index (χ2n) is 5.86. The maximum atomic E-state index is 14.0. The number of nitrogens with one attached hydrogen (secondary N) is 2. The minimum absolute atomic E-state index is 0.00311. The lowest BCUT2D eigenvalue weighted by atomic mass is 10.1. The van der Waals surface area contributed by atoms with Crippen molar-refractivity contribution >= 4 is 39.1 Å². The Morgan fingerprint density at radius 1 is 1.04 bits per heavy atom. The van der Waals surface area contributed by atoms with Gasteiger partial charge in [-0.3, -0.25) is 9.59 Å². The van der Waals surface area contributed by atoms with E-state index in [0.717, 1.165) is 0 Å². The molecule has 0 aliphatic carbocycles. The molecular weight excluding hydrogens is 431 g/mol. The third kappa shape index (κ3) is 5.95. The zero-order valence-corrected chi connectivity index (χ0v) is 17.5. The summed E-state index contributed by atoms with van der Waals surface area (Å²) in [5.74, 6) is -0.177. The lowest BCUT2D eigenvalue weighted by Gasteiger charge is -2.14. The molecule has 0 saturated heterocycles. The van der Waals surface area contributed by atoms with E-state index in [4.69, 9.17) is 9.47 Å². The first-order chi connectivity index (χ1) is 13.3. The van der Waals surface area contributed by atoms with Crippen LogP contribution in [0.4, 0.5) is 15.8 Å². The highest BCUT2D eigenvalue weighted by Gasteiger charge is 2.15. The summed E-state index contributed by atoms with van der Waals surface area (Å²) < 4.78 is 25.8. The summed E-state index contributed by atoms with van der Waals surface area (Å²) in [5.41, 5.74) is 1.05. The molecule has 2 aromatic carbocycles. The molecule has 0 saturated carbocycles. The van der Waals surface area contributed by atoms with Gasteiger partial charge in [0, 0.05) is 17.1 Å². The third-order valence-electron chi connectivity index (χ3n) is 3.62. The lowest BCUT2D eigenvalue weighted by molar-refractivity contribution is -0.116. The Morgan fingerprint density at radius 2 is 1.68 bits per heavy atom. The van der Waals surface area contributed by atoms with Crippen molar-refractivity contribution in [2.24, 2.45) is 0 Å². The summed E-state index contributed by atoms with van der Waals surface area (Å²) in [7, 11) is 0. The number of hydrogen-bond donors (Lipinski definition) is 2. The van der Waals surface area contributed by atoms with E-state index >= 15 is 0 Å². The van der Waals surface area contributed by atoms with Gasteiger partial charge in [0.25, 0.3) is 0 Å². The topological polar surface area (TPSA) is 76.7 Å². The minimum atomic E-state index is -0.594. The van der Waals surface area contributed by atoms with Crippen molar-refractivity contribution in [3.8, 4) is 11.5 Å². The van der Waals surface area contributed by atoms with Gasteiger partial charge in [0.2, 0.25) is 11.8 Å². The first kappa shape index (κ1) is 21.7.